The monoisotopic (exact) mass is 312 g/mol. The Morgan fingerprint density at radius 3 is 2.43 bits per heavy atom. The van der Waals surface area contributed by atoms with Crippen molar-refractivity contribution in [3.8, 4) is 0 Å². The Hall–Kier alpha value is -1.63. The van der Waals surface area contributed by atoms with Gasteiger partial charge in [0.15, 0.2) is 0 Å². The summed E-state index contributed by atoms with van der Waals surface area (Å²) in [5.74, 6) is -0.177. The van der Waals surface area contributed by atoms with Crippen molar-refractivity contribution in [1.82, 2.24) is 20.9 Å². The number of aryl methyl sites for hydroxylation is 2. The fourth-order valence-corrected chi connectivity index (χ4v) is 2.56. The fraction of sp³-hybridized carbons (Fsp3) is 0.643. The van der Waals surface area contributed by atoms with Crippen molar-refractivity contribution in [3.63, 3.8) is 0 Å². The minimum absolute atomic E-state index is 0.104. The summed E-state index contributed by atoms with van der Waals surface area (Å²) in [5.41, 5.74) is 0.931. The zero-order chi connectivity index (χ0) is 16.0. The van der Waals surface area contributed by atoms with Crippen molar-refractivity contribution < 1.29 is 9.59 Å². The summed E-state index contributed by atoms with van der Waals surface area (Å²) < 4.78 is 0. The van der Waals surface area contributed by atoms with Gasteiger partial charge >= 0.3 is 6.03 Å². The highest BCUT2D eigenvalue weighted by Gasteiger charge is 2.17. The number of carbonyl (C=O) groups excluding carboxylic acids is 2. The van der Waals surface area contributed by atoms with Crippen LogP contribution in [-0.4, -0.2) is 29.0 Å². The van der Waals surface area contributed by atoms with E-state index in [-0.39, 0.29) is 18.0 Å². The third-order valence-electron chi connectivity index (χ3n) is 3.15. The first-order valence-corrected chi connectivity index (χ1v) is 7.92. The van der Waals surface area contributed by atoms with Crippen LogP contribution in [0.1, 0.15) is 42.8 Å². The van der Waals surface area contributed by atoms with Crippen molar-refractivity contribution >= 4 is 23.3 Å². The van der Waals surface area contributed by atoms with Gasteiger partial charge < -0.3 is 16.0 Å². The number of rotatable bonds is 6. The predicted molar refractivity (Wildman–Crippen MR) is 84.3 cm³/mol. The smallest absolute Gasteiger partial charge is 0.315 e. The zero-order valence-electron chi connectivity index (χ0n) is 13.2. The normalized spacial score (nSPS) is 13.4. The maximum Gasteiger partial charge on any atom is 0.315 e. The molecule has 1 heterocycles. The molecule has 7 heteroatoms. The van der Waals surface area contributed by atoms with Gasteiger partial charge in [0.2, 0.25) is 5.91 Å². The molecular weight excluding hydrogens is 288 g/mol. The Kier molecular flexibility index (Phi) is 6.61. The molecule has 0 saturated heterocycles. The Balaban J connectivity index is 2.39. The number of nitrogens with one attached hydrogen (secondary N) is 3. The molecule has 0 fully saturated rings. The molecule has 0 spiro atoms. The van der Waals surface area contributed by atoms with Gasteiger partial charge in [0.1, 0.15) is 6.04 Å². The van der Waals surface area contributed by atoms with Gasteiger partial charge in [0.25, 0.3) is 0 Å². The van der Waals surface area contributed by atoms with Crippen LogP contribution < -0.4 is 16.0 Å². The molecule has 6 nitrogen and oxygen atoms in total. The largest absolute Gasteiger partial charge is 0.352 e. The maximum atomic E-state index is 11.8. The number of amides is 3. The Morgan fingerprint density at radius 1 is 1.24 bits per heavy atom. The van der Waals surface area contributed by atoms with E-state index in [1.54, 1.807) is 18.3 Å². The van der Waals surface area contributed by atoms with Crippen LogP contribution in [0.15, 0.2) is 0 Å². The molecule has 21 heavy (non-hydrogen) atoms. The quantitative estimate of drug-likeness (QED) is 0.750. The molecule has 0 aromatic carbocycles. The highest BCUT2D eigenvalue weighted by Crippen LogP contribution is 2.16. The molecule has 1 aromatic heterocycles. The lowest BCUT2D eigenvalue weighted by Crippen LogP contribution is -2.49. The SMILES string of the molecule is CC[C@@H](C)NC(=O)[C@H](C)NC(=O)NCc1sc(C)nc1C. The van der Waals surface area contributed by atoms with Crippen LogP contribution in [0.25, 0.3) is 0 Å². The van der Waals surface area contributed by atoms with Gasteiger partial charge in [-0.25, -0.2) is 9.78 Å². The van der Waals surface area contributed by atoms with E-state index in [2.05, 4.69) is 20.9 Å². The molecule has 1 aromatic rings. The van der Waals surface area contributed by atoms with E-state index >= 15 is 0 Å². The van der Waals surface area contributed by atoms with Crippen molar-refractivity contribution in [2.75, 3.05) is 0 Å². The van der Waals surface area contributed by atoms with E-state index in [1.807, 2.05) is 27.7 Å². The molecule has 1 rings (SSSR count). The van der Waals surface area contributed by atoms with Gasteiger partial charge in [-0.1, -0.05) is 6.92 Å². The van der Waals surface area contributed by atoms with Crippen LogP contribution in [0.2, 0.25) is 0 Å². The third kappa shape index (κ3) is 5.71. The molecule has 0 aliphatic heterocycles. The number of thiazole rings is 1. The first-order valence-electron chi connectivity index (χ1n) is 7.11. The minimum Gasteiger partial charge on any atom is -0.352 e. The lowest BCUT2D eigenvalue weighted by Gasteiger charge is -2.17. The molecule has 3 N–H and O–H groups in total. The zero-order valence-corrected chi connectivity index (χ0v) is 14.1. The number of nitrogens with zero attached hydrogens (tertiary/aromatic N) is 1. The van der Waals surface area contributed by atoms with Crippen LogP contribution >= 0.6 is 11.3 Å². The van der Waals surface area contributed by atoms with Crippen LogP contribution in [-0.2, 0) is 11.3 Å². The number of hydrogen-bond acceptors (Lipinski definition) is 4. The van der Waals surface area contributed by atoms with Crippen LogP contribution in [0.3, 0.4) is 0 Å². The molecule has 0 bridgehead atoms. The molecule has 3 amide bonds. The minimum atomic E-state index is -0.566. The van der Waals surface area contributed by atoms with Gasteiger partial charge in [0.05, 0.1) is 17.2 Å². The average molecular weight is 312 g/mol. The third-order valence-corrected chi connectivity index (χ3v) is 4.22. The van der Waals surface area contributed by atoms with Crippen molar-refractivity contribution in [3.05, 3.63) is 15.6 Å². The van der Waals surface area contributed by atoms with E-state index in [9.17, 15) is 9.59 Å². The van der Waals surface area contributed by atoms with Gasteiger partial charge in [-0.15, -0.1) is 11.3 Å². The van der Waals surface area contributed by atoms with Gasteiger partial charge in [0, 0.05) is 10.9 Å². The van der Waals surface area contributed by atoms with Gasteiger partial charge in [-0.3, -0.25) is 4.79 Å². The molecule has 0 saturated carbocycles. The van der Waals surface area contributed by atoms with E-state index in [1.165, 1.54) is 0 Å². The second kappa shape index (κ2) is 7.97. The maximum absolute atomic E-state index is 11.8. The first-order chi connectivity index (χ1) is 9.83. The van der Waals surface area contributed by atoms with Crippen molar-refractivity contribution in [1.29, 1.82) is 0 Å². The molecular formula is C14H24N4O2S. The van der Waals surface area contributed by atoms with Gasteiger partial charge in [-0.2, -0.15) is 0 Å². The summed E-state index contributed by atoms with van der Waals surface area (Å²) in [6, 6.07) is -0.817. The van der Waals surface area contributed by atoms with Crippen molar-refractivity contribution in [2.45, 2.75) is 59.7 Å². The standard InChI is InChI=1S/C14H24N4O2S/c1-6-8(2)16-13(19)10(4)18-14(20)15-7-12-9(3)17-11(5)21-12/h8,10H,6-7H2,1-5H3,(H,16,19)(H2,15,18,20)/t8-,10+/m1/s1. The summed E-state index contributed by atoms with van der Waals surface area (Å²) in [5, 5.41) is 9.18. The van der Waals surface area contributed by atoms with Crippen LogP contribution in [0, 0.1) is 13.8 Å². The molecule has 0 aliphatic rings. The lowest BCUT2D eigenvalue weighted by atomic mass is 10.2. The molecule has 0 aliphatic carbocycles. The summed E-state index contributed by atoms with van der Waals surface area (Å²) >= 11 is 1.56. The summed E-state index contributed by atoms with van der Waals surface area (Å²) in [6.07, 6.45) is 0.856. The second-order valence-corrected chi connectivity index (χ2v) is 6.40. The summed E-state index contributed by atoms with van der Waals surface area (Å²) in [4.78, 5) is 28.9. The number of hydrogen-bond donors (Lipinski definition) is 3. The van der Waals surface area contributed by atoms with E-state index in [0.29, 0.717) is 6.54 Å². The van der Waals surface area contributed by atoms with E-state index in [4.69, 9.17) is 0 Å². The van der Waals surface area contributed by atoms with Crippen molar-refractivity contribution in [2.24, 2.45) is 0 Å². The highest BCUT2D eigenvalue weighted by molar-refractivity contribution is 7.11. The molecule has 2 atom stereocenters. The predicted octanol–water partition coefficient (Wildman–Crippen LogP) is 1.86. The Labute approximate surface area is 129 Å². The average Bonchev–Trinajstić information content (AvgIpc) is 2.74. The Morgan fingerprint density at radius 2 is 1.90 bits per heavy atom. The lowest BCUT2D eigenvalue weighted by molar-refractivity contribution is -0.123. The van der Waals surface area contributed by atoms with Crippen LogP contribution in [0.4, 0.5) is 4.79 Å². The topological polar surface area (TPSA) is 83.1 Å². The first kappa shape index (κ1) is 17.4. The van der Waals surface area contributed by atoms with Gasteiger partial charge in [-0.05, 0) is 34.1 Å². The number of carbonyl (C=O) groups is 2. The van der Waals surface area contributed by atoms with Crippen LogP contribution in [0.5, 0.6) is 0 Å². The van der Waals surface area contributed by atoms with E-state index in [0.717, 1.165) is 22.0 Å². The summed E-state index contributed by atoms with van der Waals surface area (Å²) in [6.45, 7) is 9.86. The number of urea groups is 1. The highest BCUT2D eigenvalue weighted by atomic mass is 32.1. The number of aromatic nitrogens is 1. The molecule has 0 unspecified atom stereocenters. The Bertz CT molecular complexity index is 501. The van der Waals surface area contributed by atoms with E-state index < -0.39 is 6.04 Å². The fourth-order valence-electron chi connectivity index (χ4n) is 1.68. The molecule has 118 valence electrons. The summed E-state index contributed by atoms with van der Waals surface area (Å²) in [7, 11) is 0. The second-order valence-electron chi connectivity index (χ2n) is 5.11. The molecule has 0 radical (unpaired) electrons.